The van der Waals surface area contributed by atoms with Gasteiger partial charge in [-0.3, -0.25) is 0 Å². The van der Waals surface area contributed by atoms with E-state index in [-0.39, 0.29) is 16.7 Å². The van der Waals surface area contributed by atoms with E-state index >= 15 is 0 Å². The van der Waals surface area contributed by atoms with Crippen molar-refractivity contribution in [2.75, 3.05) is 12.8 Å². The number of rotatable bonds is 5. The molecule has 112 valence electrons. The fourth-order valence-corrected chi connectivity index (χ4v) is 2.67. The van der Waals surface area contributed by atoms with Gasteiger partial charge in [0.1, 0.15) is 11.9 Å². The van der Waals surface area contributed by atoms with Gasteiger partial charge in [0, 0.05) is 0 Å². The minimum atomic E-state index is -3.50. The zero-order valence-corrected chi connectivity index (χ0v) is 12.7. The van der Waals surface area contributed by atoms with Crippen LogP contribution in [0.4, 0.5) is 5.69 Å². The van der Waals surface area contributed by atoms with E-state index in [1.165, 1.54) is 19.2 Å². The van der Waals surface area contributed by atoms with Crippen LogP contribution in [0, 0.1) is 0 Å². The summed E-state index contributed by atoms with van der Waals surface area (Å²) in [5.74, 6) is 0.460. The topological polar surface area (TPSA) is 81.4 Å². The molecular weight excluding hydrogens is 288 g/mol. The highest BCUT2D eigenvalue weighted by molar-refractivity contribution is 7.89. The van der Waals surface area contributed by atoms with E-state index in [1.807, 2.05) is 37.3 Å². The Morgan fingerprint density at radius 2 is 1.81 bits per heavy atom. The first kappa shape index (κ1) is 15.3. The monoisotopic (exact) mass is 306 g/mol. The summed E-state index contributed by atoms with van der Waals surface area (Å²) in [6.45, 7) is 1.91. The molecule has 3 N–H and O–H groups in total. The Morgan fingerprint density at radius 3 is 2.38 bits per heavy atom. The molecule has 0 bridgehead atoms. The average Bonchev–Trinajstić information content (AvgIpc) is 2.50. The number of anilines is 1. The van der Waals surface area contributed by atoms with Crippen molar-refractivity contribution < 1.29 is 13.2 Å². The van der Waals surface area contributed by atoms with Gasteiger partial charge in [-0.2, -0.15) is 0 Å². The molecule has 0 aliphatic heterocycles. The molecule has 0 radical (unpaired) electrons. The second-order valence-electron chi connectivity index (χ2n) is 4.58. The highest BCUT2D eigenvalue weighted by Crippen LogP contribution is 2.29. The maximum absolute atomic E-state index is 11.7. The normalized spacial score (nSPS) is 12.9. The van der Waals surface area contributed by atoms with Crippen LogP contribution in [0.2, 0.25) is 0 Å². The fourth-order valence-electron chi connectivity index (χ4n) is 1.90. The SMILES string of the molecule is CNS(=O)(=O)c1ccc(OC(C)c2ccccc2)c(N)c1. The van der Waals surface area contributed by atoms with E-state index in [0.29, 0.717) is 5.75 Å². The van der Waals surface area contributed by atoms with Gasteiger partial charge in [-0.05, 0) is 37.7 Å². The lowest BCUT2D eigenvalue weighted by Gasteiger charge is -2.17. The minimum Gasteiger partial charge on any atom is -0.484 e. The molecule has 1 atom stereocenters. The van der Waals surface area contributed by atoms with E-state index in [2.05, 4.69) is 4.72 Å². The van der Waals surface area contributed by atoms with Crippen LogP contribution < -0.4 is 15.2 Å². The number of nitrogens with two attached hydrogens (primary N) is 1. The lowest BCUT2D eigenvalue weighted by atomic mass is 10.1. The van der Waals surface area contributed by atoms with E-state index in [4.69, 9.17) is 10.5 Å². The fraction of sp³-hybridized carbons (Fsp3) is 0.200. The molecule has 21 heavy (non-hydrogen) atoms. The first-order valence-corrected chi connectivity index (χ1v) is 7.97. The molecule has 0 aliphatic carbocycles. The maximum Gasteiger partial charge on any atom is 0.240 e. The summed E-state index contributed by atoms with van der Waals surface area (Å²) < 4.78 is 31.4. The van der Waals surface area contributed by atoms with Crippen molar-refractivity contribution in [2.24, 2.45) is 0 Å². The summed E-state index contributed by atoms with van der Waals surface area (Å²) >= 11 is 0. The Kier molecular flexibility index (Phi) is 4.50. The van der Waals surface area contributed by atoms with E-state index in [9.17, 15) is 8.42 Å². The van der Waals surface area contributed by atoms with Gasteiger partial charge in [-0.1, -0.05) is 30.3 Å². The number of benzene rings is 2. The van der Waals surface area contributed by atoms with Crippen LogP contribution in [0.3, 0.4) is 0 Å². The Hall–Kier alpha value is -2.05. The predicted octanol–water partition coefficient (Wildman–Crippen LogP) is 2.32. The largest absolute Gasteiger partial charge is 0.484 e. The van der Waals surface area contributed by atoms with E-state index in [0.717, 1.165) is 5.56 Å². The molecule has 0 spiro atoms. The smallest absolute Gasteiger partial charge is 0.240 e. The lowest BCUT2D eigenvalue weighted by Crippen LogP contribution is -2.18. The quantitative estimate of drug-likeness (QED) is 0.831. The Balaban J connectivity index is 2.23. The van der Waals surface area contributed by atoms with Crippen molar-refractivity contribution in [2.45, 2.75) is 17.9 Å². The summed E-state index contributed by atoms with van der Waals surface area (Å²) in [5, 5.41) is 0. The molecule has 2 rings (SSSR count). The van der Waals surface area contributed by atoms with Gasteiger partial charge in [0.05, 0.1) is 10.6 Å². The molecular formula is C15H18N2O3S. The number of ether oxygens (including phenoxy) is 1. The third-order valence-corrected chi connectivity index (χ3v) is 4.55. The zero-order valence-electron chi connectivity index (χ0n) is 11.9. The van der Waals surface area contributed by atoms with Crippen molar-refractivity contribution in [1.29, 1.82) is 0 Å². The Morgan fingerprint density at radius 1 is 1.14 bits per heavy atom. The van der Waals surface area contributed by atoms with Gasteiger partial charge in [0.15, 0.2) is 0 Å². The van der Waals surface area contributed by atoms with E-state index < -0.39 is 10.0 Å². The second kappa shape index (κ2) is 6.15. The molecule has 6 heteroatoms. The highest BCUT2D eigenvalue weighted by atomic mass is 32.2. The third-order valence-electron chi connectivity index (χ3n) is 3.13. The molecule has 0 heterocycles. The molecule has 5 nitrogen and oxygen atoms in total. The molecule has 2 aromatic rings. The molecule has 0 saturated carbocycles. The van der Waals surface area contributed by atoms with Crippen LogP contribution in [-0.4, -0.2) is 15.5 Å². The van der Waals surface area contributed by atoms with Gasteiger partial charge in [-0.15, -0.1) is 0 Å². The first-order chi connectivity index (χ1) is 9.94. The number of hydrogen-bond donors (Lipinski definition) is 2. The van der Waals surface area contributed by atoms with Crippen LogP contribution in [0.25, 0.3) is 0 Å². The van der Waals surface area contributed by atoms with Gasteiger partial charge >= 0.3 is 0 Å². The summed E-state index contributed by atoms with van der Waals surface area (Å²) in [6.07, 6.45) is -0.180. The van der Waals surface area contributed by atoms with Crippen LogP contribution in [0.15, 0.2) is 53.4 Å². The molecule has 0 saturated heterocycles. The Bertz CT molecular complexity index is 715. The van der Waals surface area contributed by atoms with Crippen molar-refractivity contribution in [3.05, 3.63) is 54.1 Å². The molecule has 0 amide bonds. The maximum atomic E-state index is 11.7. The number of nitrogens with one attached hydrogen (secondary N) is 1. The van der Waals surface area contributed by atoms with Crippen LogP contribution in [-0.2, 0) is 10.0 Å². The summed E-state index contributed by atoms with van der Waals surface area (Å²) in [6, 6.07) is 14.1. The summed E-state index contributed by atoms with van der Waals surface area (Å²) in [4.78, 5) is 0.113. The summed E-state index contributed by atoms with van der Waals surface area (Å²) in [7, 11) is -2.15. The van der Waals surface area contributed by atoms with Crippen molar-refractivity contribution >= 4 is 15.7 Å². The van der Waals surface area contributed by atoms with Crippen LogP contribution in [0.5, 0.6) is 5.75 Å². The van der Waals surface area contributed by atoms with Crippen molar-refractivity contribution in [1.82, 2.24) is 4.72 Å². The molecule has 0 aliphatic rings. The van der Waals surface area contributed by atoms with Crippen LogP contribution in [0.1, 0.15) is 18.6 Å². The minimum absolute atomic E-state index is 0.113. The van der Waals surface area contributed by atoms with Crippen molar-refractivity contribution in [3.8, 4) is 5.75 Å². The lowest BCUT2D eigenvalue weighted by molar-refractivity contribution is 0.228. The highest BCUT2D eigenvalue weighted by Gasteiger charge is 2.15. The standard InChI is InChI=1S/C15H18N2O3S/c1-11(12-6-4-3-5-7-12)20-15-9-8-13(10-14(15)16)21(18,19)17-2/h3-11,17H,16H2,1-2H3. The predicted molar refractivity (Wildman–Crippen MR) is 82.6 cm³/mol. The van der Waals surface area contributed by atoms with Crippen molar-refractivity contribution in [3.63, 3.8) is 0 Å². The van der Waals surface area contributed by atoms with E-state index in [1.54, 1.807) is 6.07 Å². The molecule has 2 aromatic carbocycles. The zero-order chi connectivity index (χ0) is 15.5. The number of sulfonamides is 1. The first-order valence-electron chi connectivity index (χ1n) is 6.48. The molecule has 0 aromatic heterocycles. The van der Waals surface area contributed by atoms with Gasteiger partial charge < -0.3 is 10.5 Å². The second-order valence-corrected chi connectivity index (χ2v) is 6.46. The average molecular weight is 306 g/mol. The third kappa shape index (κ3) is 3.53. The number of nitrogen functional groups attached to an aromatic ring is 1. The van der Waals surface area contributed by atoms with Gasteiger partial charge in [-0.25, -0.2) is 13.1 Å². The Labute approximate surface area is 124 Å². The number of hydrogen-bond acceptors (Lipinski definition) is 4. The molecule has 1 unspecified atom stereocenters. The summed E-state index contributed by atoms with van der Waals surface area (Å²) in [5.41, 5.74) is 7.19. The molecule has 0 fully saturated rings. The van der Waals surface area contributed by atoms with Crippen LogP contribution >= 0.6 is 0 Å². The van der Waals surface area contributed by atoms with Gasteiger partial charge in [0.25, 0.3) is 0 Å². The van der Waals surface area contributed by atoms with Gasteiger partial charge in [0.2, 0.25) is 10.0 Å².